The molecule has 0 aromatic carbocycles. The summed E-state index contributed by atoms with van der Waals surface area (Å²) in [5, 5.41) is 4.31. The lowest BCUT2D eigenvalue weighted by atomic mass is 10.1. The lowest BCUT2D eigenvalue weighted by molar-refractivity contribution is -0.502. The Hall–Kier alpha value is -0.120. The van der Waals surface area contributed by atoms with Crippen LogP contribution in [0.2, 0.25) is 0 Å². The summed E-state index contributed by atoms with van der Waals surface area (Å²) >= 11 is 0. The van der Waals surface area contributed by atoms with Crippen molar-refractivity contribution in [3.8, 4) is 0 Å². The van der Waals surface area contributed by atoms with E-state index in [2.05, 4.69) is 16.8 Å². The lowest BCUT2D eigenvalue weighted by Gasteiger charge is -2.01. The van der Waals surface area contributed by atoms with Crippen molar-refractivity contribution in [1.29, 1.82) is 0 Å². The number of unbranched alkanes of at least 4 members (excludes halogenated alkanes) is 8. The minimum Gasteiger partial charge on any atom is -0.210 e. The first kappa shape index (κ1) is 14.9. The summed E-state index contributed by atoms with van der Waals surface area (Å²) in [6.45, 7) is 2.88. The molecule has 0 aliphatic rings. The largest absolute Gasteiger partial charge is 0.210 e. The zero-order valence-corrected chi connectivity index (χ0v) is 10.3. The molecule has 0 aliphatic heterocycles. The monoisotopic (exact) mass is 218 g/mol. The SMILES string of the molecule is CCCCCCCCCCCOOOC. The maximum Gasteiger partial charge on any atom is 0.0853 e. The van der Waals surface area contributed by atoms with Gasteiger partial charge in [0.1, 0.15) is 0 Å². The van der Waals surface area contributed by atoms with E-state index in [1.54, 1.807) is 0 Å². The first-order chi connectivity index (χ1) is 7.41. The van der Waals surface area contributed by atoms with Gasteiger partial charge < -0.3 is 0 Å². The van der Waals surface area contributed by atoms with Gasteiger partial charge >= 0.3 is 0 Å². The molecule has 0 amide bonds. The van der Waals surface area contributed by atoms with Crippen LogP contribution in [-0.2, 0) is 14.8 Å². The number of hydrogen-bond acceptors (Lipinski definition) is 3. The van der Waals surface area contributed by atoms with Crippen LogP contribution in [0.5, 0.6) is 0 Å². The summed E-state index contributed by atoms with van der Waals surface area (Å²) in [6.07, 6.45) is 11.9. The van der Waals surface area contributed by atoms with Crippen LogP contribution < -0.4 is 0 Å². The highest BCUT2D eigenvalue weighted by molar-refractivity contribution is 4.45. The van der Waals surface area contributed by atoms with E-state index in [4.69, 9.17) is 4.89 Å². The van der Waals surface area contributed by atoms with Gasteiger partial charge in [-0.2, -0.15) is 0 Å². The molecule has 0 N–H and O–H groups in total. The third kappa shape index (κ3) is 13.9. The van der Waals surface area contributed by atoms with Gasteiger partial charge in [0.25, 0.3) is 0 Å². The molecule has 0 atom stereocenters. The molecule has 0 rings (SSSR count). The third-order valence-corrected chi connectivity index (χ3v) is 2.45. The van der Waals surface area contributed by atoms with Gasteiger partial charge in [0.05, 0.1) is 13.7 Å². The predicted molar refractivity (Wildman–Crippen MR) is 61.3 cm³/mol. The van der Waals surface area contributed by atoms with Crippen LogP contribution in [0.4, 0.5) is 0 Å². The molecule has 0 spiro atoms. The van der Waals surface area contributed by atoms with Crippen molar-refractivity contribution in [3.63, 3.8) is 0 Å². The van der Waals surface area contributed by atoms with Crippen molar-refractivity contribution >= 4 is 0 Å². The Morgan fingerprint density at radius 1 is 0.733 bits per heavy atom. The van der Waals surface area contributed by atoms with Crippen LogP contribution in [0.15, 0.2) is 0 Å². The second-order valence-electron chi connectivity index (χ2n) is 3.89. The maximum atomic E-state index is 4.72. The summed E-state index contributed by atoms with van der Waals surface area (Å²) in [6, 6.07) is 0. The number of rotatable bonds is 12. The Kier molecular flexibility index (Phi) is 13.8. The zero-order valence-electron chi connectivity index (χ0n) is 10.3. The molecule has 0 radical (unpaired) electrons. The van der Waals surface area contributed by atoms with E-state index in [-0.39, 0.29) is 0 Å². The highest BCUT2D eigenvalue weighted by Crippen LogP contribution is 2.09. The molecule has 0 unspecified atom stereocenters. The normalized spacial score (nSPS) is 10.8. The van der Waals surface area contributed by atoms with Crippen molar-refractivity contribution in [2.75, 3.05) is 13.7 Å². The van der Waals surface area contributed by atoms with E-state index in [0.717, 1.165) is 6.42 Å². The molecular formula is C12H26O3. The van der Waals surface area contributed by atoms with Gasteiger partial charge in [-0.15, -0.1) is 0 Å². The molecule has 0 saturated carbocycles. The first-order valence-electron chi connectivity index (χ1n) is 6.24. The smallest absolute Gasteiger partial charge is 0.0853 e. The second kappa shape index (κ2) is 13.9. The minimum atomic E-state index is 0.629. The molecule has 3 heteroatoms. The average molecular weight is 218 g/mol. The van der Waals surface area contributed by atoms with Gasteiger partial charge in [-0.05, 0) is 6.42 Å². The molecule has 0 saturated heterocycles. The highest BCUT2D eigenvalue weighted by Gasteiger charge is 1.92. The molecule has 0 aliphatic carbocycles. The fraction of sp³-hybridized carbons (Fsp3) is 1.00. The lowest BCUT2D eigenvalue weighted by Crippen LogP contribution is -1.95. The Bertz CT molecular complexity index is 95.0. The van der Waals surface area contributed by atoms with E-state index >= 15 is 0 Å². The van der Waals surface area contributed by atoms with Crippen molar-refractivity contribution in [1.82, 2.24) is 0 Å². The van der Waals surface area contributed by atoms with E-state index in [9.17, 15) is 0 Å². The summed E-state index contributed by atoms with van der Waals surface area (Å²) in [7, 11) is 1.44. The van der Waals surface area contributed by atoms with Crippen LogP contribution in [-0.4, -0.2) is 13.7 Å². The fourth-order valence-corrected chi connectivity index (χ4v) is 1.55. The quantitative estimate of drug-likeness (QED) is 0.281. The van der Waals surface area contributed by atoms with Gasteiger partial charge in [-0.25, -0.2) is 9.78 Å². The van der Waals surface area contributed by atoms with Gasteiger partial charge in [-0.1, -0.05) is 63.3 Å². The summed E-state index contributed by atoms with van der Waals surface area (Å²) < 4.78 is 0. The molecule has 92 valence electrons. The van der Waals surface area contributed by atoms with Gasteiger partial charge in [0.15, 0.2) is 0 Å². The van der Waals surface area contributed by atoms with Gasteiger partial charge in [0, 0.05) is 0 Å². The molecule has 0 fully saturated rings. The van der Waals surface area contributed by atoms with Crippen LogP contribution in [0, 0.1) is 0 Å². The van der Waals surface area contributed by atoms with Crippen LogP contribution in [0.25, 0.3) is 0 Å². The Labute approximate surface area is 94.0 Å². The van der Waals surface area contributed by atoms with Crippen LogP contribution in [0.1, 0.15) is 64.7 Å². The average Bonchev–Trinajstić information content (AvgIpc) is 2.26. The molecular weight excluding hydrogens is 192 g/mol. The van der Waals surface area contributed by atoms with E-state index < -0.39 is 0 Å². The summed E-state index contributed by atoms with van der Waals surface area (Å²) in [4.78, 5) is 9.02. The molecule has 3 nitrogen and oxygen atoms in total. The first-order valence-corrected chi connectivity index (χ1v) is 6.24. The van der Waals surface area contributed by atoms with Crippen LogP contribution in [0.3, 0.4) is 0 Å². The van der Waals surface area contributed by atoms with Crippen molar-refractivity contribution in [2.45, 2.75) is 64.7 Å². The van der Waals surface area contributed by atoms with E-state index in [1.807, 2.05) is 0 Å². The van der Waals surface area contributed by atoms with E-state index in [1.165, 1.54) is 58.5 Å². The maximum absolute atomic E-state index is 4.72. The molecule has 0 bridgehead atoms. The van der Waals surface area contributed by atoms with Crippen molar-refractivity contribution in [2.24, 2.45) is 0 Å². The Balaban J connectivity index is 2.81. The molecule has 0 aromatic rings. The molecule has 0 aromatic heterocycles. The summed E-state index contributed by atoms with van der Waals surface area (Å²) in [5.74, 6) is 0. The molecule has 15 heavy (non-hydrogen) atoms. The van der Waals surface area contributed by atoms with Gasteiger partial charge in [-0.3, -0.25) is 0 Å². The predicted octanol–water partition coefficient (Wildman–Crippen LogP) is 4.03. The minimum absolute atomic E-state index is 0.629. The number of hydrogen-bond donors (Lipinski definition) is 0. The standard InChI is InChI=1S/C12H26O3/c1-3-4-5-6-7-8-9-10-11-12-14-15-13-2/h3-12H2,1-2H3. The third-order valence-electron chi connectivity index (χ3n) is 2.45. The van der Waals surface area contributed by atoms with E-state index in [0.29, 0.717) is 6.61 Å². The Morgan fingerprint density at radius 2 is 1.27 bits per heavy atom. The van der Waals surface area contributed by atoms with Crippen molar-refractivity contribution in [3.05, 3.63) is 0 Å². The van der Waals surface area contributed by atoms with Gasteiger partial charge in [0.2, 0.25) is 0 Å². The summed E-state index contributed by atoms with van der Waals surface area (Å²) in [5.41, 5.74) is 0. The fourth-order valence-electron chi connectivity index (χ4n) is 1.55. The molecule has 0 heterocycles. The zero-order chi connectivity index (χ0) is 11.2. The Morgan fingerprint density at radius 3 is 1.80 bits per heavy atom. The topological polar surface area (TPSA) is 27.7 Å². The second-order valence-corrected chi connectivity index (χ2v) is 3.89. The highest BCUT2D eigenvalue weighted by atomic mass is 17.5. The van der Waals surface area contributed by atoms with Crippen LogP contribution >= 0.6 is 0 Å². The van der Waals surface area contributed by atoms with Crippen molar-refractivity contribution < 1.29 is 14.8 Å².